The summed E-state index contributed by atoms with van der Waals surface area (Å²) in [5.41, 5.74) is 1.25. The van der Waals surface area contributed by atoms with Gasteiger partial charge in [0.2, 0.25) is 6.41 Å². The number of hydrogen-bond acceptors (Lipinski definition) is 5. The fourth-order valence-corrected chi connectivity index (χ4v) is 3.95. The zero-order chi connectivity index (χ0) is 20.1. The SMILES string of the molecule is CC[C@@H](N[C@H](C)CNC=O)c1ccc(Cl)c(Oc2nc3ccccc3s2)c1F.Cl. The second-order valence-electron chi connectivity index (χ2n) is 6.38. The largest absolute Gasteiger partial charge is 0.426 e. The number of carbonyl (C=O) groups is 1. The summed E-state index contributed by atoms with van der Waals surface area (Å²) < 4.78 is 22.0. The van der Waals surface area contributed by atoms with E-state index in [0.29, 0.717) is 30.1 Å². The summed E-state index contributed by atoms with van der Waals surface area (Å²) in [4.78, 5) is 14.9. The Morgan fingerprint density at radius 2 is 2.07 bits per heavy atom. The third kappa shape index (κ3) is 5.57. The summed E-state index contributed by atoms with van der Waals surface area (Å²) in [6.07, 6.45) is 1.30. The molecule has 0 saturated carbocycles. The summed E-state index contributed by atoms with van der Waals surface area (Å²) >= 11 is 7.55. The predicted molar refractivity (Wildman–Crippen MR) is 118 cm³/mol. The van der Waals surface area contributed by atoms with E-state index in [1.54, 1.807) is 12.1 Å². The van der Waals surface area contributed by atoms with E-state index in [0.717, 1.165) is 10.2 Å². The molecule has 0 fully saturated rings. The fourth-order valence-electron chi connectivity index (χ4n) is 2.95. The third-order valence-electron chi connectivity index (χ3n) is 4.32. The van der Waals surface area contributed by atoms with Gasteiger partial charge in [0.25, 0.3) is 5.19 Å². The Bertz CT molecular complexity index is 937. The molecule has 1 amide bonds. The van der Waals surface area contributed by atoms with E-state index in [-0.39, 0.29) is 35.3 Å². The van der Waals surface area contributed by atoms with Gasteiger partial charge in [-0.25, -0.2) is 9.37 Å². The van der Waals surface area contributed by atoms with Crippen LogP contribution in [-0.4, -0.2) is 24.0 Å². The van der Waals surface area contributed by atoms with Gasteiger partial charge in [0.15, 0.2) is 11.6 Å². The Kier molecular flexibility index (Phi) is 8.64. The number of benzene rings is 2. The van der Waals surface area contributed by atoms with Crippen molar-refractivity contribution < 1.29 is 13.9 Å². The first-order chi connectivity index (χ1) is 13.5. The van der Waals surface area contributed by atoms with Gasteiger partial charge in [-0.2, -0.15) is 0 Å². The molecule has 1 heterocycles. The lowest BCUT2D eigenvalue weighted by Crippen LogP contribution is -2.38. The third-order valence-corrected chi connectivity index (χ3v) is 5.53. The van der Waals surface area contributed by atoms with Crippen LogP contribution in [0.5, 0.6) is 10.9 Å². The first kappa shape index (κ1) is 23.3. The van der Waals surface area contributed by atoms with E-state index >= 15 is 4.39 Å². The Morgan fingerprint density at radius 3 is 2.76 bits per heavy atom. The number of para-hydroxylation sites is 1. The van der Waals surface area contributed by atoms with E-state index in [9.17, 15) is 4.79 Å². The molecule has 1 aromatic heterocycles. The molecular weight excluding hydrogens is 436 g/mol. The maximum Gasteiger partial charge on any atom is 0.279 e. The normalized spacial score (nSPS) is 12.8. The van der Waals surface area contributed by atoms with Gasteiger partial charge in [-0.3, -0.25) is 4.79 Å². The van der Waals surface area contributed by atoms with E-state index in [4.69, 9.17) is 16.3 Å². The summed E-state index contributed by atoms with van der Waals surface area (Å²) in [6.45, 7) is 4.33. The van der Waals surface area contributed by atoms with Gasteiger partial charge in [0, 0.05) is 24.2 Å². The number of fused-ring (bicyclic) bond motifs is 1. The van der Waals surface area contributed by atoms with Crippen molar-refractivity contribution in [2.24, 2.45) is 0 Å². The molecule has 3 aromatic rings. The van der Waals surface area contributed by atoms with E-state index < -0.39 is 5.82 Å². The van der Waals surface area contributed by atoms with Crippen molar-refractivity contribution in [2.75, 3.05) is 6.54 Å². The molecule has 156 valence electrons. The number of rotatable bonds is 9. The second-order valence-corrected chi connectivity index (χ2v) is 7.78. The van der Waals surface area contributed by atoms with Crippen LogP contribution in [0.3, 0.4) is 0 Å². The lowest BCUT2D eigenvalue weighted by Gasteiger charge is -2.23. The standard InChI is InChI=1S/C20H21ClFN3O2S.ClH/c1-3-15(24-12(2)10-23-11-26)13-8-9-14(21)19(18(13)22)27-20-25-16-6-4-5-7-17(16)28-20;/h4-9,11-12,15,24H,3,10H2,1-2H3,(H,23,26);1H/t12-,15-;/m1./s1. The minimum absolute atomic E-state index is 0. The summed E-state index contributed by atoms with van der Waals surface area (Å²) in [5.74, 6) is -0.543. The van der Waals surface area contributed by atoms with Crippen molar-refractivity contribution in [3.63, 3.8) is 0 Å². The number of ether oxygens (including phenoxy) is 1. The average Bonchev–Trinajstić information content (AvgIpc) is 3.10. The Balaban J connectivity index is 0.00000300. The van der Waals surface area contributed by atoms with Crippen LogP contribution in [0.15, 0.2) is 36.4 Å². The number of amides is 1. The molecule has 0 aliphatic carbocycles. The Hall–Kier alpha value is -1.93. The average molecular weight is 458 g/mol. The van der Waals surface area contributed by atoms with Gasteiger partial charge in [-0.05, 0) is 31.5 Å². The molecule has 0 saturated heterocycles. The number of thiazole rings is 1. The molecular formula is C20H22Cl2FN3O2S. The van der Waals surface area contributed by atoms with Gasteiger partial charge in [0.1, 0.15) is 0 Å². The van der Waals surface area contributed by atoms with Crippen LogP contribution in [0.1, 0.15) is 31.9 Å². The molecule has 29 heavy (non-hydrogen) atoms. The van der Waals surface area contributed by atoms with Crippen LogP contribution < -0.4 is 15.4 Å². The monoisotopic (exact) mass is 457 g/mol. The quantitative estimate of drug-likeness (QED) is 0.417. The molecule has 0 unspecified atom stereocenters. The lowest BCUT2D eigenvalue weighted by atomic mass is 10.0. The minimum atomic E-state index is -0.512. The molecule has 2 N–H and O–H groups in total. The summed E-state index contributed by atoms with van der Waals surface area (Å²) in [5, 5.41) is 6.46. The van der Waals surface area contributed by atoms with E-state index in [1.165, 1.54) is 11.3 Å². The van der Waals surface area contributed by atoms with Crippen molar-refractivity contribution in [1.82, 2.24) is 15.6 Å². The van der Waals surface area contributed by atoms with Gasteiger partial charge in [-0.1, -0.05) is 48.1 Å². The lowest BCUT2D eigenvalue weighted by molar-refractivity contribution is -0.109. The van der Waals surface area contributed by atoms with Crippen LogP contribution in [-0.2, 0) is 4.79 Å². The number of aromatic nitrogens is 1. The predicted octanol–water partition coefficient (Wildman–Crippen LogP) is 5.48. The molecule has 5 nitrogen and oxygen atoms in total. The molecule has 0 radical (unpaired) electrons. The van der Waals surface area contributed by atoms with Crippen LogP contribution in [0.4, 0.5) is 4.39 Å². The van der Waals surface area contributed by atoms with E-state index in [1.807, 2.05) is 38.1 Å². The molecule has 0 spiro atoms. The molecule has 2 aromatic carbocycles. The van der Waals surface area contributed by atoms with Crippen LogP contribution in [0.2, 0.25) is 5.02 Å². The first-order valence-corrected chi connectivity index (χ1v) is 10.2. The van der Waals surface area contributed by atoms with Gasteiger partial charge >= 0.3 is 0 Å². The highest BCUT2D eigenvalue weighted by Gasteiger charge is 2.22. The summed E-state index contributed by atoms with van der Waals surface area (Å²) in [7, 11) is 0. The number of carbonyl (C=O) groups excluding carboxylic acids is 1. The number of nitrogens with one attached hydrogen (secondary N) is 2. The number of nitrogens with zero attached hydrogens (tertiary/aromatic N) is 1. The highest BCUT2D eigenvalue weighted by Crippen LogP contribution is 2.38. The maximum atomic E-state index is 15.3. The van der Waals surface area contributed by atoms with Crippen molar-refractivity contribution >= 4 is 52.0 Å². The zero-order valence-electron chi connectivity index (χ0n) is 15.9. The van der Waals surface area contributed by atoms with Gasteiger partial charge in [-0.15, -0.1) is 12.4 Å². The smallest absolute Gasteiger partial charge is 0.279 e. The molecule has 9 heteroatoms. The highest BCUT2D eigenvalue weighted by molar-refractivity contribution is 7.20. The molecule has 0 aliphatic heterocycles. The Labute approximate surface area is 184 Å². The van der Waals surface area contributed by atoms with Crippen molar-refractivity contribution in [2.45, 2.75) is 32.4 Å². The van der Waals surface area contributed by atoms with Crippen molar-refractivity contribution in [1.29, 1.82) is 0 Å². The number of hydrogen-bond donors (Lipinski definition) is 2. The van der Waals surface area contributed by atoms with Gasteiger partial charge in [0.05, 0.1) is 15.2 Å². The maximum absolute atomic E-state index is 15.3. The summed E-state index contributed by atoms with van der Waals surface area (Å²) in [6, 6.07) is 10.6. The van der Waals surface area contributed by atoms with Crippen LogP contribution in [0.25, 0.3) is 10.2 Å². The zero-order valence-corrected chi connectivity index (χ0v) is 18.3. The molecule has 3 rings (SSSR count). The molecule has 0 aliphatic rings. The van der Waals surface area contributed by atoms with E-state index in [2.05, 4.69) is 15.6 Å². The Morgan fingerprint density at radius 1 is 1.31 bits per heavy atom. The minimum Gasteiger partial charge on any atom is -0.426 e. The fraction of sp³-hybridized carbons (Fsp3) is 0.300. The molecule has 2 atom stereocenters. The molecule has 0 bridgehead atoms. The van der Waals surface area contributed by atoms with Crippen molar-refractivity contribution in [3.8, 4) is 10.9 Å². The highest BCUT2D eigenvalue weighted by atomic mass is 35.5. The topological polar surface area (TPSA) is 63.2 Å². The van der Waals surface area contributed by atoms with Crippen LogP contribution in [0, 0.1) is 5.82 Å². The first-order valence-electron chi connectivity index (χ1n) is 8.97. The van der Waals surface area contributed by atoms with Crippen molar-refractivity contribution in [3.05, 3.63) is 52.8 Å². The van der Waals surface area contributed by atoms with Crippen LogP contribution >= 0.6 is 35.3 Å². The number of halogens is 3. The second kappa shape index (κ2) is 10.7. The van der Waals surface area contributed by atoms with Gasteiger partial charge < -0.3 is 15.4 Å².